The molecule has 1 atom stereocenters. The average Bonchev–Trinajstić information content (AvgIpc) is 1.96. The lowest BCUT2D eigenvalue weighted by Crippen LogP contribution is -2.41. The Balaban J connectivity index is 3.72. The number of carboxylic acids is 1. The summed E-state index contributed by atoms with van der Waals surface area (Å²) in [6, 6.07) is 0. The minimum Gasteiger partial charge on any atom is -0.547 e. The van der Waals surface area contributed by atoms with Crippen molar-refractivity contribution in [3.8, 4) is 0 Å². The molecule has 0 rings (SSSR count). The highest BCUT2D eigenvalue weighted by atomic mass is 16.5. The van der Waals surface area contributed by atoms with Crippen LogP contribution in [0.15, 0.2) is 0 Å². The first-order chi connectivity index (χ1) is 5.59. The van der Waals surface area contributed by atoms with Crippen LogP contribution in [0.25, 0.3) is 0 Å². The smallest absolute Gasteiger partial charge is 0.0992 e. The van der Waals surface area contributed by atoms with Gasteiger partial charge in [-0.25, -0.2) is 0 Å². The Kier molecular flexibility index (Phi) is 5.66. The van der Waals surface area contributed by atoms with Crippen molar-refractivity contribution in [3.63, 3.8) is 0 Å². The molecule has 0 amide bonds. The quantitative estimate of drug-likeness (QED) is 0.507. The molecule has 12 heavy (non-hydrogen) atoms. The van der Waals surface area contributed by atoms with Gasteiger partial charge in [-0.3, -0.25) is 0 Å². The molecular weight excluding hydrogens is 160 g/mol. The van der Waals surface area contributed by atoms with E-state index >= 15 is 0 Å². The number of aliphatic carboxylic acids is 1. The number of carbonyl (C=O) groups is 1. The zero-order valence-corrected chi connectivity index (χ0v) is 7.70. The minimum atomic E-state index is -1.17. The highest BCUT2D eigenvalue weighted by molar-refractivity contribution is 5.70. The van der Waals surface area contributed by atoms with E-state index in [1.807, 2.05) is 0 Å². The zero-order valence-electron chi connectivity index (χ0n) is 7.70. The molecule has 1 unspecified atom stereocenters. The normalized spacial score (nSPS) is 13.3. The van der Waals surface area contributed by atoms with E-state index in [0.29, 0.717) is 6.61 Å². The van der Waals surface area contributed by atoms with Gasteiger partial charge in [-0.2, -0.15) is 0 Å². The van der Waals surface area contributed by atoms with Gasteiger partial charge in [0, 0.05) is 7.11 Å². The van der Waals surface area contributed by atoms with Gasteiger partial charge >= 0.3 is 0 Å². The second-order valence-corrected chi connectivity index (χ2v) is 2.85. The molecule has 0 bridgehead atoms. The van der Waals surface area contributed by atoms with Crippen LogP contribution in [0, 0.1) is 5.92 Å². The summed E-state index contributed by atoms with van der Waals surface area (Å²) < 4.78 is 9.73. The molecule has 0 heterocycles. The number of carbonyl (C=O) groups excluding carboxylic acids is 1. The summed E-state index contributed by atoms with van der Waals surface area (Å²) in [5, 5.41) is 10.5. The van der Waals surface area contributed by atoms with Crippen molar-refractivity contribution in [1.29, 1.82) is 0 Å². The summed E-state index contributed by atoms with van der Waals surface area (Å²) in [5.74, 6) is -1.24. The van der Waals surface area contributed by atoms with Crippen LogP contribution >= 0.6 is 0 Å². The van der Waals surface area contributed by atoms with E-state index in [-0.39, 0.29) is 12.5 Å². The molecule has 0 saturated heterocycles. The van der Waals surface area contributed by atoms with Gasteiger partial charge in [0.1, 0.15) is 0 Å². The fraction of sp³-hybridized carbons (Fsp3) is 0.875. The fourth-order valence-corrected chi connectivity index (χ4v) is 0.791. The number of carboxylic acid groups (broad SMARTS) is 1. The molecular formula is C8H15O4-. The molecule has 72 valence electrons. The molecule has 0 aliphatic carbocycles. The Morgan fingerprint density at radius 2 is 2.00 bits per heavy atom. The Morgan fingerprint density at radius 3 is 2.33 bits per heavy atom. The maximum atomic E-state index is 10.5. The number of hydrogen-bond donors (Lipinski definition) is 0. The summed E-state index contributed by atoms with van der Waals surface area (Å²) >= 11 is 0. The highest BCUT2D eigenvalue weighted by Crippen LogP contribution is 2.04. The van der Waals surface area contributed by atoms with Crippen LogP contribution in [0.4, 0.5) is 0 Å². The first-order valence-electron chi connectivity index (χ1n) is 3.91. The molecule has 0 aromatic heterocycles. The topological polar surface area (TPSA) is 58.6 Å². The van der Waals surface area contributed by atoms with Gasteiger partial charge in [0.25, 0.3) is 0 Å². The Bertz CT molecular complexity index is 133. The van der Waals surface area contributed by atoms with Crippen molar-refractivity contribution in [3.05, 3.63) is 0 Å². The van der Waals surface area contributed by atoms with E-state index < -0.39 is 12.1 Å². The lowest BCUT2D eigenvalue weighted by atomic mass is 10.1. The molecule has 4 heteroatoms. The maximum absolute atomic E-state index is 10.5. The van der Waals surface area contributed by atoms with E-state index in [4.69, 9.17) is 9.47 Å². The SMILES string of the molecule is COCCOC(C(=O)[O-])C(C)C. The molecule has 0 spiro atoms. The van der Waals surface area contributed by atoms with Gasteiger partial charge in [0.15, 0.2) is 0 Å². The molecule has 4 nitrogen and oxygen atoms in total. The Morgan fingerprint density at radius 1 is 1.42 bits per heavy atom. The molecule has 0 aromatic rings. The number of rotatable bonds is 6. The fourth-order valence-electron chi connectivity index (χ4n) is 0.791. The van der Waals surface area contributed by atoms with E-state index in [1.54, 1.807) is 13.8 Å². The first kappa shape index (κ1) is 11.4. The van der Waals surface area contributed by atoms with E-state index in [0.717, 1.165) is 0 Å². The summed E-state index contributed by atoms with van der Waals surface area (Å²) in [5.41, 5.74) is 0. The standard InChI is InChI=1S/C8H16O4/c1-6(2)7(8(9)10)12-5-4-11-3/h6-7H,4-5H2,1-3H3,(H,9,10)/p-1. The first-order valence-corrected chi connectivity index (χ1v) is 3.91. The van der Waals surface area contributed by atoms with Crippen LogP contribution in [0.5, 0.6) is 0 Å². The summed E-state index contributed by atoms with van der Waals surface area (Å²) in [6.45, 7) is 4.23. The second-order valence-electron chi connectivity index (χ2n) is 2.85. The molecule has 0 aliphatic heterocycles. The number of methoxy groups -OCH3 is 1. The van der Waals surface area contributed by atoms with Gasteiger partial charge in [-0.15, -0.1) is 0 Å². The van der Waals surface area contributed by atoms with Crippen LogP contribution in [-0.4, -0.2) is 32.4 Å². The van der Waals surface area contributed by atoms with Crippen molar-refractivity contribution in [2.75, 3.05) is 20.3 Å². The van der Waals surface area contributed by atoms with Crippen molar-refractivity contribution >= 4 is 5.97 Å². The molecule has 0 radical (unpaired) electrons. The molecule has 0 fully saturated rings. The van der Waals surface area contributed by atoms with Crippen molar-refractivity contribution in [1.82, 2.24) is 0 Å². The van der Waals surface area contributed by atoms with Gasteiger partial charge in [0.2, 0.25) is 0 Å². The van der Waals surface area contributed by atoms with Gasteiger partial charge < -0.3 is 19.4 Å². The van der Waals surface area contributed by atoms with Crippen molar-refractivity contribution in [2.45, 2.75) is 20.0 Å². The largest absolute Gasteiger partial charge is 0.547 e. The third kappa shape index (κ3) is 4.31. The van der Waals surface area contributed by atoms with E-state index in [9.17, 15) is 9.90 Å². The minimum absolute atomic E-state index is 0.0770. The molecule has 0 saturated carbocycles. The molecule has 0 N–H and O–H groups in total. The summed E-state index contributed by atoms with van der Waals surface area (Å²) in [4.78, 5) is 10.5. The lowest BCUT2D eigenvalue weighted by molar-refractivity contribution is -0.319. The zero-order chi connectivity index (χ0) is 9.56. The van der Waals surface area contributed by atoms with Crippen molar-refractivity contribution in [2.24, 2.45) is 5.92 Å². The monoisotopic (exact) mass is 175 g/mol. The average molecular weight is 175 g/mol. The van der Waals surface area contributed by atoms with Crippen molar-refractivity contribution < 1.29 is 19.4 Å². The Labute approximate surface area is 72.5 Å². The van der Waals surface area contributed by atoms with Gasteiger partial charge in [-0.05, 0) is 5.92 Å². The molecule has 0 aromatic carbocycles. The van der Waals surface area contributed by atoms with Crippen LogP contribution in [-0.2, 0) is 14.3 Å². The van der Waals surface area contributed by atoms with Crippen LogP contribution in [0.1, 0.15) is 13.8 Å². The number of hydrogen-bond acceptors (Lipinski definition) is 4. The van der Waals surface area contributed by atoms with Gasteiger partial charge in [0.05, 0.1) is 25.3 Å². The lowest BCUT2D eigenvalue weighted by Gasteiger charge is -2.21. The summed E-state index contributed by atoms with van der Waals surface area (Å²) in [7, 11) is 1.53. The molecule has 0 aliphatic rings. The van der Waals surface area contributed by atoms with Crippen LogP contribution in [0.3, 0.4) is 0 Å². The van der Waals surface area contributed by atoms with Crippen LogP contribution in [0.2, 0.25) is 0 Å². The second kappa shape index (κ2) is 5.97. The summed E-state index contributed by atoms with van der Waals surface area (Å²) in [6.07, 6.45) is -0.833. The maximum Gasteiger partial charge on any atom is 0.0992 e. The Hall–Kier alpha value is -0.610. The predicted molar refractivity (Wildman–Crippen MR) is 41.5 cm³/mol. The highest BCUT2D eigenvalue weighted by Gasteiger charge is 2.14. The predicted octanol–water partition coefficient (Wildman–Crippen LogP) is -0.576. The third-order valence-electron chi connectivity index (χ3n) is 1.42. The number of ether oxygens (including phenoxy) is 2. The van der Waals surface area contributed by atoms with Gasteiger partial charge in [-0.1, -0.05) is 13.8 Å². The van der Waals surface area contributed by atoms with E-state index in [2.05, 4.69) is 0 Å². The third-order valence-corrected chi connectivity index (χ3v) is 1.42. The van der Waals surface area contributed by atoms with E-state index in [1.165, 1.54) is 7.11 Å². The van der Waals surface area contributed by atoms with Crippen LogP contribution < -0.4 is 5.11 Å².